The summed E-state index contributed by atoms with van der Waals surface area (Å²) in [4.78, 5) is 13.6. The molecule has 0 radical (unpaired) electrons. The van der Waals surface area contributed by atoms with Crippen LogP contribution in [0.1, 0.15) is 12.8 Å². The molecule has 2 N–H and O–H groups in total. The van der Waals surface area contributed by atoms with Crippen LogP contribution in [0.4, 0.5) is 18.9 Å². The van der Waals surface area contributed by atoms with Crippen LogP contribution in [0.25, 0.3) is 0 Å². The number of nitrogens with zero attached hydrogens (tertiary/aromatic N) is 1. The van der Waals surface area contributed by atoms with Crippen LogP contribution in [0.5, 0.6) is 0 Å². The second-order valence-electron chi connectivity index (χ2n) is 4.44. The van der Waals surface area contributed by atoms with Gasteiger partial charge in [0, 0.05) is 12.2 Å². The lowest BCUT2D eigenvalue weighted by molar-refractivity contribution is -0.174. The molecule has 21 heavy (non-hydrogen) atoms. The second-order valence-corrected chi connectivity index (χ2v) is 4.44. The summed E-state index contributed by atoms with van der Waals surface area (Å²) in [5.41, 5.74) is 6.14. The summed E-state index contributed by atoms with van der Waals surface area (Å²) in [6.45, 7) is -0.738. The topological polar surface area (TPSA) is 55.6 Å². The molecule has 7 heteroatoms. The summed E-state index contributed by atoms with van der Waals surface area (Å²) in [6, 6.07) is 8.94. The number of halogens is 3. The summed E-state index contributed by atoms with van der Waals surface area (Å²) in [6.07, 6.45) is -3.86. The highest BCUT2D eigenvalue weighted by Crippen LogP contribution is 2.16. The van der Waals surface area contributed by atoms with E-state index in [1.807, 2.05) is 6.07 Å². The van der Waals surface area contributed by atoms with Gasteiger partial charge in [0.25, 0.3) is 0 Å². The van der Waals surface area contributed by atoms with Crippen molar-refractivity contribution in [3.63, 3.8) is 0 Å². The second kappa shape index (κ2) is 8.63. The molecule has 1 aromatic rings. The normalized spacial score (nSPS) is 11.4. The molecular formula is C14H19F3N2O2. The van der Waals surface area contributed by atoms with E-state index in [2.05, 4.69) is 4.74 Å². The maximum atomic E-state index is 12.1. The third kappa shape index (κ3) is 7.10. The van der Waals surface area contributed by atoms with Crippen molar-refractivity contribution in [3.8, 4) is 0 Å². The van der Waals surface area contributed by atoms with Crippen molar-refractivity contribution in [2.24, 2.45) is 5.73 Å². The fraction of sp³-hybridized carbons (Fsp3) is 0.500. The predicted molar refractivity (Wildman–Crippen MR) is 74.0 cm³/mol. The quantitative estimate of drug-likeness (QED) is 0.750. The van der Waals surface area contributed by atoms with Crippen molar-refractivity contribution in [2.45, 2.75) is 19.0 Å². The lowest BCUT2D eigenvalue weighted by Crippen LogP contribution is -2.33. The van der Waals surface area contributed by atoms with Crippen LogP contribution < -0.4 is 10.6 Å². The number of carbonyl (C=O) groups is 1. The lowest BCUT2D eigenvalue weighted by Gasteiger charge is -2.22. The van der Waals surface area contributed by atoms with Gasteiger partial charge < -0.3 is 15.4 Å². The van der Waals surface area contributed by atoms with Gasteiger partial charge >= 0.3 is 6.18 Å². The monoisotopic (exact) mass is 304 g/mol. The third-order valence-corrected chi connectivity index (χ3v) is 2.68. The van der Waals surface area contributed by atoms with Crippen LogP contribution in [0.3, 0.4) is 0 Å². The molecule has 0 unspecified atom stereocenters. The predicted octanol–water partition coefficient (Wildman–Crippen LogP) is 2.34. The fourth-order valence-electron chi connectivity index (χ4n) is 1.74. The van der Waals surface area contributed by atoms with Gasteiger partial charge in [-0.25, -0.2) is 0 Å². The standard InChI is InChI=1S/C14H19F3N2O2/c15-14(16,17)11-21-10-7-13(20)19(9-4-8-18)12-5-2-1-3-6-12/h1-3,5-6H,4,7-11,18H2. The minimum Gasteiger partial charge on any atom is -0.372 e. The van der Waals surface area contributed by atoms with E-state index in [4.69, 9.17) is 5.73 Å². The van der Waals surface area contributed by atoms with E-state index in [1.165, 1.54) is 4.90 Å². The SMILES string of the molecule is NCCCN(C(=O)CCOCC(F)(F)F)c1ccccc1. The van der Waals surface area contributed by atoms with E-state index in [1.54, 1.807) is 24.3 Å². The molecule has 1 amide bonds. The molecule has 0 saturated carbocycles. The molecule has 118 valence electrons. The molecule has 0 heterocycles. The number of ether oxygens (including phenoxy) is 1. The van der Waals surface area contributed by atoms with Crippen LogP contribution in [0.15, 0.2) is 30.3 Å². The maximum Gasteiger partial charge on any atom is 0.411 e. The van der Waals surface area contributed by atoms with Gasteiger partial charge in [-0.15, -0.1) is 0 Å². The third-order valence-electron chi connectivity index (χ3n) is 2.68. The molecular weight excluding hydrogens is 285 g/mol. The molecule has 0 bridgehead atoms. The first kappa shape index (κ1) is 17.5. The molecule has 0 saturated heterocycles. The summed E-state index contributed by atoms with van der Waals surface area (Å²) >= 11 is 0. The molecule has 0 aliphatic heterocycles. The van der Waals surface area contributed by atoms with Crippen LogP contribution >= 0.6 is 0 Å². The Bertz CT molecular complexity index is 424. The Morgan fingerprint density at radius 2 is 1.90 bits per heavy atom. The van der Waals surface area contributed by atoms with Gasteiger partial charge in [-0.3, -0.25) is 4.79 Å². The highest BCUT2D eigenvalue weighted by Gasteiger charge is 2.27. The van der Waals surface area contributed by atoms with E-state index < -0.39 is 12.8 Å². The van der Waals surface area contributed by atoms with Crippen molar-refractivity contribution in [1.82, 2.24) is 0 Å². The molecule has 4 nitrogen and oxygen atoms in total. The van der Waals surface area contributed by atoms with Gasteiger partial charge in [-0.05, 0) is 25.1 Å². The summed E-state index contributed by atoms with van der Waals surface area (Å²) in [5, 5.41) is 0. The zero-order valence-electron chi connectivity index (χ0n) is 11.6. The first-order valence-corrected chi connectivity index (χ1v) is 6.64. The molecule has 0 aliphatic rings. The minimum atomic E-state index is -4.37. The van der Waals surface area contributed by atoms with E-state index in [0.29, 0.717) is 25.2 Å². The van der Waals surface area contributed by atoms with Crippen molar-refractivity contribution >= 4 is 11.6 Å². The first-order chi connectivity index (χ1) is 9.94. The summed E-state index contributed by atoms with van der Waals surface area (Å²) < 4.78 is 40.3. The maximum absolute atomic E-state index is 12.1. The average molecular weight is 304 g/mol. The fourth-order valence-corrected chi connectivity index (χ4v) is 1.74. The highest BCUT2D eigenvalue weighted by molar-refractivity contribution is 5.93. The number of benzene rings is 1. The Labute approximate surface area is 121 Å². The average Bonchev–Trinajstić information content (AvgIpc) is 2.44. The van der Waals surface area contributed by atoms with E-state index in [9.17, 15) is 18.0 Å². The summed E-state index contributed by atoms with van der Waals surface area (Å²) in [5.74, 6) is -0.281. The molecule has 0 aliphatic carbocycles. The number of hydrogen-bond acceptors (Lipinski definition) is 3. The van der Waals surface area contributed by atoms with E-state index >= 15 is 0 Å². The first-order valence-electron chi connectivity index (χ1n) is 6.64. The van der Waals surface area contributed by atoms with Crippen molar-refractivity contribution in [2.75, 3.05) is 31.2 Å². The molecule has 0 spiro atoms. The van der Waals surface area contributed by atoms with Crippen molar-refractivity contribution in [1.29, 1.82) is 0 Å². The van der Waals surface area contributed by atoms with Crippen LogP contribution in [-0.2, 0) is 9.53 Å². The Balaban J connectivity index is 2.52. The van der Waals surface area contributed by atoms with E-state index in [-0.39, 0.29) is 18.9 Å². The van der Waals surface area contributed by atoms with E-state index in [0.717, 1.165) is 0 Å². The number of hydrogen-bond donors (Lipinski definition) is 1. The van der Waals surface area contributed by atoms with Gasteiger partial charge in [0.1, 0.15) is 6.61 Å². The Morgan fingerprint density at radius 1 is 1.24 bits per heavy atom. The smallest absolute Gasteiger partial charge is 0.372 e. The van der Waals surface area contributed by atoms with Gasteiger partial charge in [-0.2, -0.15) is 13.2 Å². The molecule has 1 rings (SSSR count). The Hall–Kier alpha value is -1.60. The zero-order valence-corrected chi connectivity index (χ0v) is 11.6. The highest BCUT2D eigenvalue weighted by atomic mass is 19.4. The van der Waals surface area contributed by atoms with Crippen molar-refractivity contribution < 1.29 is 22.7 Å². The molecule has 0 aromatic heterocycles. The van der Waals surface area contributed by atoms with Gasteiger partial charge in [-0.1, -0.05) is 18.2 Å². The Kier molecular flexibility index (Phi) is 7.18. The number of alkyl halides is 3. The number of rotatable bonds is 8. The zero-order chi connectivity index (χ0) is 15.7. The molecule has 0 atom stereocenters. The molecule has 0 fully saturated rings. The van der Waals surface area contributed by atoms with Gasteiger partial charge in [0.2, 0.25) is 5.91 Å². The minimum absolute atomic E-state index is 0.102. The lowest BCUT2D eigenvalue weighted by atomic mass is 10.2. The number of nitrogens with two attached hydrogens (primary N) is 1. The number of anilines is 1. The molecule has 1 aromatic carbocycles. The summed E-state index contributed by atoms with van der Waals surface area (Å²) in [7, 11) is 0. The number of carbonyl (C=O) groups excluding carboxylic acids is 1. The van der Waals surface area contributed by atoms with Crippen LogP contribution in [-0.4, -0.2) is 38.4 Å². The van der Waals surface area contributed by atoms with Crippen LogP contribution in [0, 0.1) is 0 Å². The largest absolute Gasteiger partial charge is 0.411 e. The van der Waals surface area contributed by atoms with Crippen LogP contribution in [0.2, 0.25) is 0 Å². The Morgan fingerprint density at radius 3 is 2.48 bits per heavy atom. The van der Waals surface area contributed by atoms with Crippen molar-refractivity contribution in [3.05, 3.63) is 30.3 Å². The van der Waals surface area contributed by atoms with Gasteiger partial charge in [0.05, 0.1) is 13.0 Å². The number of amides is 1. The number of para-hydroxylation sites is 1. The van der Waals surface area contributed by atoms with Gasteiger partial charge in [0.15, 0.2) is 0 Å².